The Balaban J connectivity index is 1.59. The van der Waals surface area contributed by atoms with Crippen LogP contribution >= 0.6 is 0 Å². The van der Waals surface area contributed by atoms with E-state index in [1.54, 1.807) is 24.7 Å². The number of carbonyl (C=O) groups excluding carboxylic acids is 2. The maximum atomic E-state index is 13.4. The second kappa shape index (κ2) is 9.62. The van der Waals surface area contributed by atoms with E-state index in [0.717, 1.165) is 48.3 Å². The summed E-state index contributed by atoms with van der Waals surface area (Å²) in [5.74, 6) is -0.0948. The molecule has 3 aromatic rings. The van der Waals surface area contributed by atoms with Crippen LogP contribution in [0.2, 0.25) is 0 Å². The van der Waals surface area contributed by atoms with Gasteiger partial charge in [-0.2, -0.15) is 0 Å². The summed E-state index contributed by atoms with van der Waals surface area (Å²) in [6.07, 6.45) is 6.59. The molecule has 31 heavy (non-hydrogen) atoms. The number of likely N-dealkylation sites (tertiary alicyclic amines) is 1. The SMILES string of the molecule is NCC(=O)c1ccc(CN(C(=O)N2CCCCC2)c2ccc(-c3ccoc3)cc2)cc1. The van der Waals surface area contributed by atoms with Crippen LogP contribution in [0.15, 0.2) is 71.5 Å². The lowest BCUT2D eigenvalue weighted by atomic mass is 10.1. The average Bonchev–Trinajstić information content (AvgIpc) is 3.38. The van der Waals surface area contributed by atoms with Crippen molar-refractivity contribution >= 4 is 17.5 Å². The summed E-state index contributed by atoms with van der Waals surface area (Å²) < 4.78 is 5.17. The molecule has 1 aliphatic rings. The highest BCUT2D eigenvalue weighted by Crippen LogP contribution is 2.26. The van der Waals surface area contributed by atoms with Crippen LogP contribution in [0.1, 0.15) is 35.2 Å². The van der Waals surface area contributed by atoms with Crippen molar-refractivity contribution in [3.05, 3.63) is 78.3 Å². The van der Waals surface area contributed by atoms with Gasteiger partial charge in [-0.3, -0.25) is 9.69 Å². The average molecular weight is 418 g/mol. The van der Waals surface area contributed by atoms with E-state index in [9.17, 15) is 9.59 Å². The summed E-state index contributed by atoms with van der Waals surface area (Å²) in [5, 5.41) is 0. The third kappa shape index (κ3) is 4.86. The van der Waals surface area contributed by atoms with Crippen molar-refractivity contribution in [1.29, 1.82) is 0 Å². The van der Waals surface area contributed by atoms with Crippen LogP contribution in [0.4, 0.5) is 10.5 Å². The van der Waals surface area contributed by atoms with Crippen molar-refractivity contribution in [3.63, 3.8) is 0 Å². The summed E-state index contributed by atoms with van der Waals surface area (Å²) in [7, 11) is 0. The molecule has 160 valence electrons. The summed E-state index contributed by atoms with van der Waals surface area (Å²) >= 11 is 0. The Hall–Kier alpha value is -3.38. The number of ketones is 1. The predicted molar refractivity (Wildman–Crippen MR) is 121 cm³/mol. The smallest absolute Gasteiger partial charge is 0.324 e. The van der Waals surface area contributed by atoms with E-state index in [1.807, 2.05) is 52.3 Å². The monoisotopic (exact) mass is 417 g/mol. The van der Waals surface area contributed by atoms with Gasteiger partial charge in [0.15, 0.2) is 5.78 Å². The number of piperidine rings is 1. The van der Waals surface area contributed by atoms with Gasteiger partial charge in [-0.05, 0) is 48.6 Å². The zero-order valence-corrected chi connectivity index (χ0v) is 17.5. The molecule has 6 nitrogen and oxygen atoms in total. The minimum Gasteiger partial charge on any atom is -0.472 e. The third-order valence-corrected chi connectivity index (χ3v) is 5.69. The van der Waals surface area contributed by atoms with E-state index < -0.39 is 0 Å². The van der Waals surface area contributed by atoms with Crippen molar-refractivity contribution in [2.24, 2.45) is 5.73 Å². The van der Waals surface area contributed by atoms with Crippen LogP contribution in [0.25, 0.3) is 11.1 Å². The van der Waals surface area contributed by atoms with E-state index in [-0.39, 0.29) is 18.4 Å². The molecule has 2 N–H and O–H groups in total. The molecule has 0 unspecified atom stereocenters. The first-order valence-electron chi connectivity index (χ1n) is 10.7. The molecule has 2 heterocycles. The lowest BCUT2D eigenvalue weighted by molar-refractivity contribution is 0.100. The molecule has 1 aliphatic heterocycles. The first-order valence-corrected chi connectivity index (χ1v) is 10.7. The number of hydrogen-bond donors (Lipinski definition) is 1. The molecule has 0 aliphatic carbocycles. The van der Waals surface area contributed by atoms with Gasteiger partial charge in [0.2, 0.25) is 0 Å². The Morgan fingerprint density at radius 2 is 1.61 bits per heavy atom. The molecule has 0 saturated carbocycles. The van der Waals surface area contributed by atoms with Gasteiger partial charge in [0, 0.05) is 29.9 Å². The van der Waals surface area contributed by atoms with E-state index in [4.69, 9.17) is 10.2 Å². The van der Waals surface area contributed by atoms with Gasteiger partial charge >= 0.3 is 6.03 Å². The fraction of sp³-hybridized carbons (Fsp3) is 0.280. The van der Waals surface area contributed by atoms with Crippen LogP contribution in [-0.4, -0.2) is 36.3 Å². The molecule has 4 rings (SSSR count). The largest absolute Gasteiger partial charge is 0.472 e. The minimum atomic E-state index is -0.0948. The number of nitrogens with two attached hydrogens (primary N) is 1. The summed E-state index contributed by atoms with van der Waals surface area (Å²) in [5.41, 5.74) is 9.87. The molecule has 0 radical (unpaired) electrons. The van der Waals surface area contributed by atoms with Crippen LogP contribution in [0.3, 0.4) is 0 Å². The summed E-state index contributed by atoms with van der Waals surface area (Å²) in [6.45, 7) is 1.98. The number of amides is 2. The number of carbonyl (C=O) groups is 2. The number of hydrogen-bond acceptors (Lipinski definition) is 4. The molecule has 0 atom stereocenters. The van der Waals surface area contributed by atoms with Crippen molar-refractivity contribution in [3.8, 4) is 11.1 Å². The molecule has 0 bridgehead atoms. The van der Waals surface area contributed by atoms with Crippen LogP contribution in [0, 0.1) is 0 Å². The van der Waals surface area contributed by atoms with Gasteiger partial charge in [-0.15, -0.1) is 0 Å². The van der Waals surface area contributed by atoms with Gasteiger partial charge in [-0.25, -0.2) is 4.79 Å². The molecule has 2 amide bonds. The first-order chi connectivity index (χ1) is 15.2. The maximum absolute atomic E-state index is 13.4. The highest BCUT2D eigenvalue weighted by Gasteiger charge is 2.24. The Morgan fingerprint density at radius 1 is 0.903 bits per heavy atom. The highest BCUT2D eigenvalue weighted by atomic mass is 16.3. The maximum Gasteiger partial charge on any atom is 0.324 e. The van der Waals surface area contributed by atoms with Gasteiger partial charge < -0.3 is 15.1 Å². The molecule has 1 aromatic heterocycles. The lowest BCUT2D eigenvalue weighted by Gasteiger charge is -2.33. The second-order valence-corrected chi connectivity index (χ2v) is 7.80. The van der Waals surface area contributed by atoms with E-state index in [0.29, 0.717) is 12.1 Å². The number of Topliss-reactive ketones (excluding diaryl/α,β-unsaturated/α-hetero) is 1. The summed E-state index contributed by atoms with van der Waals surface area (Å²) in [4.78, 5) is 29.0. The van der Waals surface area contributed by atoms with Crippen LogP contribution in [0.5, 0.6) is 0 Å². The third-order valence-electron chi connectivity index (χ3n) is 5.69. The van der Waals surface area contributed by atoms with E-state index >= 15 is 0 Å². The van der Waals surface area contributed by atoms with Crippen molar-refractivity contribution in [2.45, 2.75) is 25.8 Å². The Morgan fingerprint density at radius 3 is 2.23 bits per heavy atom. The van der Waals surface area contributed by atoms with E-state index in [2.05, 4.69) is 0 Å². The predicted octanol–water partition coefficient (Wildman–Crippen LogP) is 4.70. The number of benzene rings is 2. The second-order valence-electron chi connectivity index (χ2n) is 7.80. The quantitative estimate of drug-likeness (QED) is 0.590. The number of anilines is 1. The minimum absolute atomic E-state index is 0.0119. The molecule has 1 saturated heterocycles. The molecule has 1 fully saturated rings. The molecule has 0 spiro atoms. The topological polar surface area (TPSA) is 79.8 Å². The first kappa shape index (κ1) is 20.9. The van der Waals surface area contributed by atoms with Crippen LogP contribution < -0.4 is 10.6 Å². The Bertz CT molecular complexity index is 1010. The number of urea groups is 1. The number of furan rings is 1. The van der Waals surface area contributed by atoms with Gasteiger partial charge in [0.1, 0.15) is 0 Å². The normalized spacial score (nSPS) is 13.8. The molecule has 6 heteroatoms. The fourth-order valence-corrected chi connectivity index (χ4v) is 3.88. The highest BCUT2D eigenvalue weighted by molar-refractivity contribution is 5.97. The zero-order valence-electron chi connectivity index (χ0n) is 17.5. The zero-order chi connectivity index (χ0) is 21.6. The van der Waals surface area contributed by atoms with Crippen molar-refractivity contribution in [1.82, 2.24) is 4.90 Å². The van der Waals surface area contributed by atoms with Crippen LogP contribution in [-0.2, 0) is 6.54 Å². The lowest BCUT2D eigenvalue weighted by Crippen LogP contribution is -2.45. The van der Waals surface area contributed by atoms with Crippen molar-refractivity contribution in [2.75, 3.05) is 24.5 Å². The van der Waals surface area contributed by atoms with Gasteiger partial charge in [0.05, 0.1) is 25.6 Å². The Labute approximate surface area is 182 Å². The van der Waals surface area contributed by atoms with Crippen molar-refractivity contribution < 1.29 is 14.0 Å². The Kier molecular flexibility index (Phi) is 6.48. The van der Waals surface area contributed by atoms with E-state index in [1.165, 1.54) is 6.42 Å². The number of rotatable bonds is 6. The van der Waals surface area contributed by atoms with Gasteiger partial charge in [-0.1, -0.05) is 36.4 Å². The standard InChI is InChI=1S/C25H27N3O3/c26-16-24(29)21-6-4-19(5-7-21)17-28(25(30)27-13-2-1-3-14-27)23-10-8-20(9-11-23)22-12-15-31-18-22/h4-12,15,18H,1-3,13-14,16-17,26H2. The molecular formula is C25H27N3O3. The van der Waals surface area contributed by atoms with Gasteiger partial charge in [0.25, 0.3) is 0 Å². The number of nitrogens with zero attached hydrogens (tertiary/aromatic N) is 2. The molecular weight excluding hydrogens is 390 g/mol. The summed E-state index contributed by atoms with van der Waals surface area (Å²) in [6, 6.07) is 17.2. The fourth-order valence-electron chi connectivity index (χ4n) is 3.88. The molecule has 2 aromatic carbocycles.